The number of aromatic amines is 1. The van der Waals surface area contributed by atoms with Gasteiger partial charge >= 0.3 is 6.03 Å². The van der Waals surface area contributed by atoms with Gasteiger partial charge in [0.05, 0.1) is 5.69 Å². The Balaban J connectivity index is 1.65. The molecule has 2 aromatic carbocycles. The van der Waals surface area contributed by atoms with E-state index in [2.05, 4.69) is 25.7 Å². The predicted molar refractivity (Wildman–Crippen MR) is 119 cm³/mol. The first-order valence-electron chi connectivity index (χ1n) is 9.97. The molecule has 0 aliphatic heterocycles. The predicted octanol–water partition coefficient (Wildman–Crippen LogP) is 3.51. The maximum atomic E-state index is 12.5. The van der Waals surface area contributed by atoms with Crippen LogP contribution in [0.3, 0.4) is 0 Å². The Morgan fingerprint density at radius 3 is 2.45 bits per heavy atom. The van der Waals surface area contributed by atoms with Gasteiger partial charge in [-0.05, 0) is 12.0 Å². The second-order valence-corrected chi connectivity index (χ2v) is 6.90. The van der Waals surface area contributed by atoms with Crippen molar-refractivity contribution in [2.24, 2.45) is 0 Å². The fraction of sp³-hybridized carbons (Fsp3) is 0.130. The van der Waals surface area contributed by atoms with Crippen LogP contribution in [0.25, 0.3) is 17.2 Å². The number of anilines is 1. The van der Waals surface area contributed by atoms with Crippen molar-refractivity contribution in [3.63, 3.8) is 0 Å². The lowest BCUT2D eigenvalue weighted by atomic mass is 10.2. The van der Waals surface area contributed by atoms with Crippen LogP contribution in [0.5, 0.6) is 0 Å². The normalized spacial score (nSPS) is 10.6. The molecule has 0 saturated carbocycles. The third kappa shape index (κ3) is 4.87. The molecule has 0 aliphatic carbocycles. The molecule has 4 rings (SSSR count). The molecule has 0 atom stereocenters. The Hall–Kier alpha value is -4.20. The molecule has 8 nitrogen and oxygen atoms in total. The lowest BCUT2D eigenvalue weighted by Crippen LogP contribution is -2.29. The van der Waals surface area contributed by atoms with Gasteiger partial charge in [0.25, 0.3) is 5.56 Å². The van der Waals surface area contributed by atoms with Gasteiger partial charge in [0.2, 0.25) is 5.95 Å². The summed E-state index contributed by atoms with van der Waals surface area (Å²) in [6.07, 6.45) is 0.601. The molecule has 0 saturated heterocycles. The van der Waals surface area contributed by atoms with Gasteiger partial charge in [-0.15, -0.1) is 0 Å². The maximum Gasteiger partial charge on any atom is 0.320 e. The van der Waals surface area contributed by atoms with E-state index in [1.54, 1.807) is 6.07 Å². The number of aryl methyl sites for hydroxylation is 1. The molecule has 8 heteroatoms. The quantitative estimate of drug-likeness (QED) is 0.449. The first kappa shape index (κ1) is 20.1. The fourth-order valence-electron chi connectivity index (χ4n) is 3.10. The van der Waals surface area contributed by atoms with Crippen molar-refractivity contribution in [2.45, 2.75) is 19.9 Å². The molecule has 2 heterocycles. The average Bonchev–Trinajstić information content (AvgIpc) is 3.22. The Kier molecular flexibility index (Phi) is 5.89. The van der Waals surface area contributed by atoms with Gasteiger partial charge in [-0.3, -0.25) is 15.1 Å². The van der Waals surface area contributed by atoms with E-state index in [0.717, 1.165) is 11.1 Å². The standard InChI is InChI=1S/C23H22N6O2/c1-2-18-13-21(30)27-22(25-18)29-20(14-19(28-29)17-11-7-4-8-12-17)26-23(31)24-15-16-9-5-3-6-10-16/h3-14H,2,15H2,1H3,(H2,24,26,31)(H,25,27,30). The lowest BCUT2D eigenvalue weighted by molar-refractivity contribution is 0.251. The minimum Gasteiger partial charge on any atom is -0.334 e. The Labute approximate surface area is 179 Å². The van der Waals surface area contributed by atoms with Crippen LogP contribution in [-0.4, -0.2) is 25.8 Å². The molecular formula is C23H22N6O2. The number of rotatable bonds is 6. The maximum absolute atomic E-state index is 12.5. The Bertz CT molecular complexity index is 1230. The van der Waals surface area contributed by atoms with Gasteiger partial charge in [-0.2, -0.15) is 9.78 Å². The summed E-state index contributed by atoms with van der Waals surface area (Å²) >= 11 is 0. The van der Waals surface area contributed by atoms with E-state index < -0.39 is 6.03 Å². The zero-order valence-corrected chi connectivity index (χ0v) is 17.0. The van der Waals surface area contributed by atoms with Gasteiger partial charge in [-0.25, -0.2) is 9.78 Å². The summed E-state index contributed by atoms with van der Waals surface area (Å²) in [6.45, 7) is 2.30. The fourth-order valence-corrected chi connectivity index (χ4v) is 3.10. The number of H-pyrrole nitrogens is 1. The molecule has 0 bridgehead atoms. The summed E-state index contributed by atoms with van der Waals surface area (Å²) in [5.41, 5.74) is 2.86. The van der Waals surface area contributed by atoms with Gasteiger partial charge in [0, 0.05) is 29.9 Å². The van der Waals surface area contributed by atoms with Crippen LogP contribution >= 0.6 is 0 Å². The topological polar surface area (TPSA) is 105 Å². The van der Waals surface area contributed by atoms with Crippen molar-refractivity contribution < 1.29 is 4.79 Å². The van der Waals surface area contributed by atoms with Crippen LogP contribution < -0.4 is 16.2 Å². The van der Waals surface area contributed by atoms with E-state index in [0.29, 0.717) is 30.2 Å². The van der Waals surface area contributed by atoms with Crippen LogP contribution in [0.1, 0.15) is 18.2 Å². The number of amides is 2. The Morgan fingerprint density at radius 1 is 1.03 bits per heavy atom. The van der Waals surface area contributed by atoms with E-state index >= 15 is 0 Å². The second-order valence-electron chi connectivity index (χ2n) is 6.90. The number of nitrogens with zero attached hydrogens (tertiary/aromatic N) is 3. The lowest BCUT2D eigenvalue weighted by Gasteiger charge is -2.10. The van der Waals surface area contributed by atoms with Gasteiger partial charge in [0.1, 0.15) is 5.82 Å². The van der Waals surface area contributed by atoms with Crippen LogP contribution in [0.4, 0.5) is 10.6 Å². The van der Waals surface area contributed by atoms with Crippen LogP contribution in [0, 0.1) is 0 Å². The number of nitrogens with one attached hydrogen (secondary N) is 3. The zero-order chi connectivity index (χ0) is 21.6. The number of urea groups is 1. The first-order valence-corrected chi connectivity index (χ1v) is 9.97. The highest BCUT2D eigenvalue weighted by atomic mass is 16.2. The monoisotopic (exact) mass is 414 g/mol. The number of hydrogen-bond acceptors (Lipinski definition) is 4. The highest BCUT2D eigenvalue weighted by molar-refractivity contribution is 5.89. The van der Waals surface area contributed by atoms with Crippen molar-refractivity contribution in [3.05, 3.63) is 94.4 Å². The molecule has 2 aromatic heterocycles. The van der Waals surface area contributed by atoms with E-state index in [1.165, 1.54) is 10.7 Å². The van der Waals surface area contributed by atoms with Crippen molar-refractivity contribution in [1.82, 2.24) is 25.1 Å². The molecule has 0 spiro atoms. The number of aromatic nitrogens is 4. The van der Waals surface area contributed by atoms with E-state index in [9.17, 15) is 9.59 Å². The SMILES string of the molecule is CCc1cc(=O)[nH]c(-n2nc(-c3ccccc3)cc2NC(=O)NCc2ccccc2)n1. The molecule has 31 heavy (non-hydrogen) atoms. The third-order valence-electron chi connectivity index (χ3n) is 4.66. The van der Waals surface area contributed by atoms with E-state index in [-0.39, 0.29) is 11.5 Å². The van der Waals surface area contributed by atoms with Crippen molar-refractivity contribution in [1.29, 1.82) is 0 Å². The molecular weight excluding hydrogens is 392 g/mol. The molecule has 4 aromatic rings. The zero-order valence-electron chi connectivity index (χ0n) is 17.0. The summed E-state index contributed by atoms with van der Waals surface area (Å²) in [7, 11) is 0. The largest absolute Gasteiger partial charge is 0.334 e. The number of carbonyl (C=O) groups excluding carboxylic acids is 1. The smallest absolute Gasteiger partial charge is 0.320 e. The first-order chi connectivity index (χ1) is 15.1. The minimum atomic E-state index is -0.390. The second kappa shape index (κ2) is 9.08. The molecule has 0 fully saturated rings. The molecule has 0 radical (unpaired) electrons. The highest BCUT2D eigenvalue weighted by Crippen LogP contribution is 2.23. The van der Waals surface area contributed by atoms with Crippen molar-refractivity contribution in [3.8, 4) is 17.2 Å². The van der Waals surface area contributed by atoms with Gasteiger partial charge < -0.3 is 5.32 Å². The van der Waals surface area contributed by atoms with Gasteiger partial charge in [0.15, 0.2) is 0 Å². The van der Waals surface area contributed by atoms with Crippen LogP contribution in [0.2, 0.25) is 0 Å². The summed E-state index contributed by atoms with van der Waals surface area (Å²) in [4.78, 5) is 31.8. The molecule has 2 amide bonds. The third-order valence-corrected chi connectivity index (χ3v) is 4.66. The van der Waals surface area contributed by atoms with Crippen molar-refractivity contribution in [2.75, 3.05) is 5.32 Å². The number of carbonyl (C=O) groups is 1. The summed E-state index contributed by atoms with van der Waals surface area (Å²) in [5.74, 6) is 0.630. The summed E-state index contributed by atoms with van der Waals surface area (Å²) in [5, 5.41) is 10.2. The van der Waals surface area contributed by atoms with Crippen LogP contribution in [-0.2, 0) is 13.0 Å². The van der Waals surface area contributed by atoms with E-state index in [4.69, 9.17) is 0 Å². The molecule has 156 valence electrons. The molecule has 0 aliphatic rings. The highest BCUT2D eigenvalue weighted by Gasteiger charge is 2.16. The van der Waals surface area contributed by atoms with E-state index in [1.807, 2.05) is 67.6 Å². The van der Waals surface area contributed by atoms with Crippen molar-refractivity contribution >= 4 is 11.8 Å². The Morgan fingerprint density at radius 2 is 1.74 bits per heavy atom. The van der Waals surface area contributed by atoms with Gasteiger partial charge in [-0.1, -0.05) is 67.6 Å². The molecule has 0 unspecified atom stereocenters. The molecule has 3 N–H and O–H groups in total. The number of hydrogen-bond donors (Lipinski definition) is 3. The summed E-state index contributed by atoms with van der Waals surface area (Å²) < 4.78 is 1.44. The average molecular weight is 414 g/mol. The van der Waals surface area contributed by atoms with Crippen LogP contribution in [0.15, 0.2) is 77.6 Å². The summed E-state index contributed by atoms with van der Waals surface area (Å²) in [6, 6.07) is 22.0. The number of benzene rings is 2. The minimum absolute atomic E-state index is 0.241.